The predicted molar refractivity (Wildman–Crippen MR) is 205 cm³/mol. The van der Waals surface area contributed by atoms with Crippen LogP contribution in [0.3, 0.4) is 0 Å². The Bertz CT molecular complexity index is 2790. The van der Waals surface area contributed by atoms with Gasteiger partial charge in [-0.2, -0.15) is 9.61 Å². The zero-order chi connectivity index (χ0) is 38.1. The summed E-state index contributed by atoms with van der Waals surface area (Å²) in [5.74, 6) is -2.73. The van der Waals surface area contributed by atoms with Gasteiger partial charge in [0.05, 0.1) is 39.2 Å². The van der Waals surface area contributed by atoms with Crippen molar-refractivity contribution in [2.75, 3.05) is 55.6 Å². The van der Waals surface area contributed by atoms with E-state index in [1.165, 1.54) is 33.5 Å². The number of rotatable bonds is 6. The molecule has 2 N–H and O–H groups in total. The summed E-state index contributed by atoms with van der Waals surface area (Å²) in [6, 6.07) is 8.79. The molecule has 9 rings (SSSR count). The van der Waals surface area contributed by atoms with E-state index in [0.29, 0.717) is 50.5 Å². The SMILES string of the molecule is CCn1cc(-c2nnc3sc(-c4cn(-c5ccc(F)cc5F)c5cc(N6CCNC(C)C6)c(F)cc5c4=O)nn23)c(=O)c2cc(F)c(N3CCNCC3)cc21. The highest BCUT2D eigenvalue weighted by Gasteiger charge is 2.26. The second-order valence-electron chi connectivity index (χ2n) is 13.8. The molecule has 0 aliphatic carbocycles. The Hall–Kier alpha value is -5.65. The van der Waals surface area contributed by atoms with Crippen LogP contribution in [-0.2, 0) is 6.54 Å². The lowest BCUT2D eigenvalue weighted by atomic mass is 10.1. The summed E-state index contributed by atoms with van der Waals surface area (Å²) in [7, 11) is 0. The van der Waals surface area contributed by atoms with Crippen LogP contribution in [0.15, 0.2) is 64.4 Å². The largest absolute Gasteiger partial charge is 0.367 e. The topological polar surface area (TPSA) is 118 Å². The fraction of sp³-hybridized carbons (Fsp3) is 0.289. The average Bonchev–Trinajstić information content (AvgIpc) is 3.77. The van der Waals surface area contributed by atoms with Crippen molar-refractivity contribution in [2.24, 2.45) is 0 Å². The molecule has 2 saturated heterocycles. The smallest absolute Gasteiger partial charge is 0.235 e. The quantitative estimate of drug-likeness (QED) is 0.228. The Morgan fingerprint density at radius 1 is 0.782 bits per heavy atom. The third-order valence-electron chi connectivity index (χ3n) is 10.4. The number of anilines is 2. The van der Waals surface area contributed by atoms with E-state index in [4.69, 9.17) is 0 Å². The Labute approximate surface area is 314 Å². The zero-order valence-electron chi connectivity index (χ0n) is 29.7. The lowest BCUT2D eigenvalue weighted by molar-refractivity contribution is 0.479. The van der Waals surface area contributed by atoms with E-state index in [9.17, 15) is 14.0 Å². The van der Waals surface area contributed by atoms with Crippen LogP contribution in [0.1, 0.15) is 13.8 Å². The summed E-state index contributed by atoms with van der Waals surface area (Å²) in [5.41, 5.74) is 0.460. The molecule has 4 aromatic heterocycles. The lowest BCUT2D eigenvalue weighted by Gasteiger charge is -2.34. The maximum atomic E-state index is 15.9. The van der Waals surface area contributed by atoms with Crippen molar-refractivity contribution in [1.82, 2.24) is 39.6 Å². The average molecular weight is 771 g/mol. The van der Waals surface area contributed by atoms with E-state index >= 15 is 13.2 Å². The molecule has 0 saturated carbocycles. The fourth-order valence-electron chi connectivity index (χ4n) is 7.62. The van der Waals surface area contributed by atoms with Gasteiger partial charge in [0.2, 0.25) is 10.4 Å². The molecule has 0 amide bonds. The minimum absolute atomic E-state index is 0.00684. The molecule has 7 aromatic rings. The van der Waals surface area contributed by atoms with E-state index in [1.54, 1.807) is 12.3 Å². The number of nitrogens with one attached hydrogen (secondary N) is 2. The number of halogens is 4. The molecule has 2 fully saturated rings. The van der Waals surface area contributed by atoms with Gasteiger partial charge in [0, 0.05) is 87.6 Å². The first-order valence-electron chi connectivity index (χ1n) is 18.0. The molecule has 0 spiro atoms. The first kappa shape index (κ1) is 35.1. The molecule has 0 radical (unpaired) electrons. The highest BCUT2D eigenvalue weighted by Crippen LogP contribution is 2.33. The highest BCUT2D eigenvalue weighted by molar-refractivity contribution is 7.19. The summed E-state index contributed by atoms with van der Waals surface area (Å²) < 4.78 is 65.6. The Balaban J connectivity index is 1.20. The molecule has 282 valence electrons. The maximum absolute atomic E-state index is 15.9. The lowest BCUT2D eigenvalue weighted by Crippen LogP contribution is -2.49. The zero-order valence-corrected chi connectivity index (χ0v) is 30.6. The van der Waals surface area contributed by atoms with Crippen molar-refractivity contribution < 1.29 is 17.6 Å². The molecule has 12 nitrogen and oxygen atoms in total. The van der Waals surface area contributed by atoms with Crippen LogP contribution in [0.5, 0.6) is 0 Å². The highest BCUT2D eigenvalue weighted by atomic mass is 32.1. The molecule has 55 heavy (non-hydrogen) atoms. The molecule has 2 aliphatic heterocycles. The third kappa shape index (κ3) is 5.93. The van der Waals surface area contributed by atoms with Crippen LogP contribution in [0.4, 0.5) is 28.9 Å². The minimum Gasteiger partial charge on any atom is -0.367 e. The van der Waals surface area contributed by atoms with E-state index < -0.39 is 34.1 Å². The van der Waals surface area contributed by atoms with E-state index in [1.807, 2.05) is 28.2 Å². The molecule has 1 unspecified atom stereocenters. The van der Waals surface area contributed by atoms with Gasteiger partial charge in [0.15, 0.2) is 16.3 Å². The maximum Gasteiger partial charge on any atom is 0.235 e. The van der Waals surface area contributed by atoms with Gasteiger partial charge in [-0.05, 0) is 50.2 Å². The first-order valence-corrected chi connectivity index (χ1v) is 18.8. The Morgan fingerprint density at radius 2 is 1.45 bits per heavy atom. The number of piperazine rings is 2. The minimum atomic E-state index is -0.891. The third-order valence-corrected chi connectivity index (χ3v) is 11.3. The molecule has 17 heteroatoms. The summed E-state index contributed by atoms with van der Waals surface area (Å²) in [4.78, 5) is 32.3. The van der Waals surface area contributed by atoms with Crippen LogP contribution in [0, 0.1) is 23.3 Å². The molecule has 3 aromatic carbocycles. The van der Waals surface area contributed by atoms with Crippen molar-refractivity contribution in [2.45, 2.75) is 26.4 Å². The van der Waals surface area contributed by atoms with Gasteiger partial charge in [0.1, 0.15) is 23.3 Å². The normalized spacial score (nSPS) is 16.6. The van der Waals surface area contributed by atoms with Crippen molar-refractivity contribution in [1.29, 1.82) is 0 Å². The van der Waals surface area contributed by atoms with Crippen molar-refractivity contribution in [3.05, 3.63) is 98.6 Å². The summed E-state index contributed by atoms with van der Waals surface area (Å²) in [6.07, 6.45) is 3.03. The Morgan fingerprint density at radius 3 is 2.18 bits per heavy atom. The number of hydrogen-bond donors (Lipinski definition) is 2. The van der Waals surface area contributed by atoms with Crippen molar-refractivity contribution >= 4 is 49.5 Å². The number of hydrogen-bond acceptors (Lipinski definition) is 10. The van der Waals surface area contributed by atoms with Crippen LogP contribution < -0.4 is 31.3 Å². The summed E-state index contributed by atoms with van der Waals surface area (Å²) in [5, 5.41) is 20.0. The molecular formula is C38H34F4N10O2S. The van der Waals surface area contributed by atoms with Gasteiger partial charge >= 0.3 is 0 Å². The number of pyridine rings is 2. The number of nitrogens with zero attached hydrogens (tertiary/aromatic N) is 8. The summed E-state index contributed by atoms with van der Waals surface area (Å²) >= 11 is 0.992. The van der Waals surface area contributed by atoms with Crippen molar-refractivity contribution in [3.8, 4) is 27.6 Å². The molecule has 0 bridgehead atoms. The van der Waals surface area contributed by atoms with Gasteiger partial charge in [-0.25, -0.2) is 17.6 Å². The monoisotopic (exact) mass is 770 g/mol. The van der Waals surface area contributed by atoms with Crippen molar-refractivity contribution in [3.63, 3.8) is 0 Å². The number of benzene rings is 3. The van der Waals surface area contributed by atoms with Crippen LogP contribution in [0.25, 0.3) is 54.4 Å². The molecular weight excluding hydrogens is 737 g/mol. The van der Waals surface area contributed by atoms with Gasteiger partial charge in [0.25, 0.3) is 0 Å². The second-order valence-corrected chi connectivity index (χ2v) is 14.8. The summed E-state index contributed by atoms with van der Waals surface area (Å²) in [6.45, 7) is 8.72. The number of fused-ring (bicyclic) bond motifs is 3. The molecule has 6 heterocycles. The van der Waals surface area contributed by atoms with Crippen LogP contribution in [0.2, 0.25) is 0 Å². The number of aromatic nitrogens is 6. The Kier molecular flexibility index (Phi) is 8.66. The second kappa shape index (κ2) is 13.6. The standard InChI is InChI=1S/C38H34F4N10O2S/c1-3-48-18-24(34(53)22-13-27(41)32(15-30(22)48)49-9-6-43-7-10-49)36-45-46-38-52(36)47-37(55-38)25-19-51(29-5-4-21(39)12-26(29)40)31-16-33(28(42)14-23(31)35(25)54)50-11-8-44-20(2)17-50/h4-5,12-16,18-20,43-44H,3,6-11,17H2,1-2H3. The van der Waals surface area contributed by atoms with Gasteiger partial charge in [-0.15, -0.1) is 10.2 Å². The van der Waals surface area contributed by atoms with Gasteiger partial charge in [-0.3, -0.25) is 9.59 Å². The van der Waals surface area contributed by atoms with Crippen LogP contribution in [-0.4, -0.2) is 80.8 Å². The van der Waals surface area contributed by atoms with Crippen LogP contribution >= 0.6 is 11.3 Å². The van der Waals surface area contributed by atoms with E-state index in [2.05, 4.69) is 25.9 Å². The van der Waals surface area contributed by atoms with E-state index in [0.717, 1.165) is 42.6 Å². The predicted octanol–water partition coefficient (Wildman–Crippen LogP) is 4.92. The number of aryl methyl sites for hydroxylation is 1. The molecule has 1 atom stereocenters. The van der Waals surface area contributed by atoms with Gasteiger partial charge in [-0.1, -0.05) is 11.3 Å². The molecule has 2 aliphatic rings. The van der Waals surface area contributed by atoms with Gasteiger partial charge < -0.3 is 29.6 Å². The van der Waals surface area contributed by atoms with E-state index in [-0.39, 0.29) is 60.6 Å². The fourth-order valence-corrected chi connectivity index (χ4v) is 8.46. The first-order chi connectivity index (χ1) is 26.6.